The smallest absolute Gasteiger partial charge is 0.0650 e. The molecule has 2 rings (SSSR count). The van der Waals surface area contributed by atoms with Crippen LogP contribution in [0.5, 0.6) is 0 Å². The fraction of sp³-hybridized carbons (Fsp3) is 0.800. The van der Waals surface area contributed by atoms with Gasteiger partial charge in [-0.25, -0.2) is 0 Å². The molecule has 0 bridgehead atoms. The minimum atomic E-state index is -0.197. The second-order valence-corrected chi connectivity index (χ2v) is 5.57. The van der Waals surface area contributed by atoms with Crippen LogP contribution in [0.3, 0.4) is 0 Å². The highest BCUT2D eigenvalue weighted by atomic mass is 16.3. The molecule has 0 aromatic carbocycles. The summed E-state index contributed by atoms with van der Waals surface area (Å²) in [7, 11) is 0. The Hall–Kier alpha value is -0.830. The van der Waals surface area contributed by atoms with Gasteiger partial charge in [0.05, 0.1) is 17.8 Å². The van der Waals surface area contributed by atoms with E-state index in [1.807, 2.05) is 0 Å². The third kappa shape index (κ3) is 3.14. The van der Waals surface area contributed by atoms with Crippen LogP contribution in [0.25, 0.3) is 0 Å². The lowest BCUT2D eigenvalue weighted by molar-refractivity contribution is 0.110. The molecule has 1 fully saturated rings. The van der Waals surface area contributed by atoms with Crippen molar-refractivity contribution in [3.05, 3.63) is 18.0 Å². The molecule has 1 N–H and O–H groups in total. The summed E-state index contributed by atoms with van der Waals surface area (Å²) < 4.78 is 2.07. The minimum absolute atomic E-state index is 0.197. The maximum Gasteiger partial charge on any atom is 0.0650 e. The Morgan fingerprint density at radius 3 is 2.61 bits per heavy atom. The summed E-state index contributed by atoms with van der Waals surface area (Å²) >= 11 is 0. The molecule has 3 heteroatoms. The van der Waals surface area contributed by atoms with E-state index in [1.54, 1.807) is 0 Å². The van der Waals surface area contributed by atoms with Crippen LogP contribution in [0.2, 0.25) is 0 Å². The topological polar surface area (TPSA) is 38.0 Å². The predicted molar refractivity (Wildman–Crippen MR) is 73.5 cm³/mol. The number of aliphatic hydroxyl groups excluding tert-OH is 1. The molecule has 0 saturated heterocycles. The molecule has 1 aliphatic carbocycles. The van der Waals surface area contributed by atoms with Crippen molar-refractivity contribution in [2.45, 2.75) is 70.9 Å². The van der Waals surface area contributed by atoms with Gasteiger partial charge in [0.15, 0.2) is 0 Å². The highest BCUT2D eigenvalue weighted by Gasteiger charge is 2.24. The van der Waals surface area contributed by atoms with Crippen LogP contribution in [-0.4, -0.2) is 21.0 Å². The van der Waals surface area contributed by atoms with E-state index in [0.29, 0.717) is 12.0 Å². The molecule has 102 valence electrons. The molecule has 0 radical (unpaired) electrons. The second-order valence-electron chi connectivity index (χ2n) is 5.57. The van der Waals surface area contributed by atoms with E-state index >= 15 is 0 Å². The summed E-state index contributed by atoms with van der Waals surface area (Å²) in [5.41, 5.74) is 1.04. The lowest BCUT2D eigenvalue weighted by Crippen LogP contribution is -2.20. The summed E-state index contributed by atoms with van der Waals surface area (Å²) in [6, 6.07) is 2.57. The molecular weight excluding hydrogens is 224 g/mol. The molecule has 0 aliphatic heterocycles. The van der Waals surface area contributed by atoms with Gasteiger partial charge >= 0.3 is 0 Å². The average Bonchev–Trinajstić information content (AvgIpc) is 3.01. The van der Waals surface area contributed by atoms with Gasteiger partial charge in [-0.05, 0) is 37.7 Å². The number of aromatic nitrogens is 2. The highest BCUT2D eigenvalue weighted by molar-refractivity contribution is 5.02. The van der Waals surface area contributed by atoms with Crippen LogP contribution in [0.4, 0.5) is 0 Å². The zero-order chi connectivity index (χ0) is 13.0. The number of nitrogens with zero attached hydrogens (tertiary/aromatic N) is 2. The standard InChI is InChI=1S/C15H26N2O/c1-3-14(4-2)17-10-9-13(16-17)11-15(18)12-7-5-6-8-12/h9-10,12,14-15,18H,3-8,11H2,1-2H3. The Kier molecular flexibility index (Phi) is 4.81. The maximum absolute atomic E-state index is 10.2. The number of rotatable bonds is 6. The van der Waals surface area contributed by atoms with Crippen LogP contribution in [-0.2, 0) is 6.42 Å². The monoisotopic (exact) mass is 250 g/mol. The Morgan fingerprint density at radius 2 is 2.00 bits per heavy atom. The normalized spacial score (nSPS) is 18.7. The molecule has 1 atom stereocenters. The van der Waals surface area contributed by atoms with Crippen molar-refractivity contribution in [1.29, 1.82) is 0 Å². The molecule has 1 saturated carbocycles. The van der Waals surface area contributed by atoms with E-state index in [2.05, 4.69) is 35.9 Å². The first-order valence-electron chi connectivity index (χ1n) is 7.46. The van der Waals surface area contributed by atoms with Gasteiger partial charge in [-0.3, -0.25) is 4.68 Å². The Labute approximate surface area is 110 Å². The molecule has 1 aliphatic rings. The van der Waals surface area contributed by atoms with Gasteiger partial charge in [0.25, 0.3) is 0 Å². The van der Waals surface area contributed by atoms with Gasteiger partial charge in [-0.1, -0.05) is 26.7 Å². The fourth-order valence-electron chi connectivity index (χ4n) is 3.08. The summed E-state index contributed by atoms with van der Waals surface area (Å²) in [6.45, 7) is 4.39. The number of aliphatic hydroxyl groups is 1. The lowest BCUT2D eigenvalue weighted by atomic mass is 9.97. The van der Waals surface area contributed by atoms with Gasteiger partial charge < -0.3 is 5.11 Å². The molecular formula is C15H26N2O. The Morgan fingerprint density at radius 1 is 1.33 bits per heavy atom. The number of hydrogen-bond donors (Lipinski definition) is 1. The summed E-state index contributed by atoms with van der Waals surface area (Å²) in [6.07, 6.45) is 9.76. The maximum atomic E-state index is 10.2. The van der Waals surface area contributed by atoms with E-state index < -0.39 is 0 Å². The van der Waals surface area contributed by atoms with Gasteiger partial charge in [0.2, 0.25) is 0 Å². The summed E-state index contributed by atoms with van der Waals surface area (Å²) in [4.78, 5) is 0. The molecule has 0 amide bonds. The summed E-state index contributed by atoms with van der Waals surface area (Å²) in [5, 5.41) is 14.8. The average molecular weight is 250 g/mol. The second kappa shape index (κ2) is 6.37. The van der Waals surface area contributed by atoms with Crippen molar-refractivity contribution in [2.24, 2.45) is 5.92 Å². The van der Waals surface area contributed by atoms with Gasteiger partial charge in [0, 0.05) is 12.6 Å². The van der Waals surface area contributed by atoms with Crippen LogP contribution < -0.4 is 0 Å². The first-order chi connectivity index (χ1) is 8.74. The fourth-order valence-corrected chi connectivity index (χ4v) is 3.08. The quantitative estimate of drug-likeness (QED) is 0.841. The third-order valence-corrected chi connectivity index (χ3v) is 4.34. The molecule has 1 heterocycles. The zero-order valence-electron chi connectivity index (χ0n) is 11.7. The van der Waals surface area contributed by atoms with Gasteiger partial charge in [-0.2, -0.15) is 5.10 Å². The lowest BCUT2D eigenvalue weighted by Gasteiger charge is -2.16. The van der Waals surface area contributed by atoms with E-state index in [-0.39, 0.29) is 6.10 Å². The van der Waals surface area contributed by atoms with Crippen molar-refractivity contribution < 1.29 is 5.11 Å². The molecule has 3 nitrogen and oxygen atoms in total. The molecule has 1 aromatic rings. The Bertz CT molecular complexity index is 351. The minimum Gasteiger partial charge on any atom is -0.392 e. The van der Waals surface area contributed by atoms with E-state index in [0.717, 1.165) is 25.0 Å². The molecule has 0 spiro atoms. The predicted octanol–water partition coefficient (Wildman–Crippen LogP) is 3.34. The third-order valence-electron chi connectivity index (χ3n) is 4.34. The van der Waals surface area contributed by atoms with Crippen molar-refractivity contribution in [2.75, 3.05) is 0 Å². The van der Waals surface area contributed by atoms with Crippen LogP contribution in [0.1, 0.15) is 64.1 Å². The van der Waals surface area contributed by atoms with E-state index in [9.17, 15) is 5.11 Å². The molecule has 18 heavy (non-hydrogen) atoms. The zero-order valence-corrected chi connectivity index (χ0v) is 11.7. The van der Waals surface area contributed by atoms with Crippen molar-refractivity contribution in [3.63, 3.8) is 0 Å². The van der Waals surface area contributed by atoms with E-state index in [1.165, 1.54) is 25.7 Å². The van der Waals surface area contributed by atoms with Gasteiger partial charge in [-0.15, -0.1) is 0 Å². The van der Waals surface area contributed by atoms with Crippen LogP contribution >= 0.6 is 0 Å². The van der Waals surface area contributed by atoms with Crippen LogP contribution in [0, 0.1) is 5.92 Å². The van der Waals surface area contributed by atoms with Crippen molar-refractivity contribution in [1.82, 2.24) is 9.78 Å². The van der Waals surface area contributed by atoms with Crippen LogP contribution in [0.15, 0.2) is 12.3 Å². The first-order valence-corrected chi connectivity index (χ1v) is 7.46. The summed E-state index contributed by atoms with van der Waals surface area (Å²) in [5.74, 6) is 0.503. The largest absolute Gasteiger partial charge is 0.392 e. The van der Waals surface area contributed by atoms with Gasteiger partial charge in [0.1, 0.15) is 0 Å². The number of hydrogen-bond acceptors (Lipinski definition) is 2. The van der Waals surface area contributed by atoms with Crippen molar-refractivity contribution >= 4 is 0 Å². The van der Waals surface area contributed by atoms with Crippen molar-refractivity contribution in [3.8, 4) is 0 Å². The first kappa shape index (κ1) is 13.6. The molecule has 1 aromatic heterocycles. The molecule has 1 unspecified atom stereocenters. The highest BCUT2D eigenvalue weighted by Crippen LogP contribution is 2.29. The SMILES string of the molecule is CCC(CC)n1ccc(CC(O)C2CCCC2)n1. The Balaban J connectivity index is 1.93. The van der Waals surface area contributed by atoms with E-state index in [4.69, 9.17) is 0 Å².